The second kappa shape index (κ2) is 5.22. The molecule has 0 amide bonds. The monoisotopic (exact) mass is 178 g/mol. The number of hydrogen-bond acceptors (Lipinski definition) is 4. The number of carboxylic acid groups (broad SMARTS) is 2. The first-order valence-electron chi connectivity index (χ1n) is 3.27. The fourth-order valence-corrected chi connectivity index (χ4v) is 0.543. The molecule has 12 heavy (non-hydrogen) atoms. The van der Waals surface area contributed by atoms with Gasteiger partial charge in [-0.15, -0.1) is 0 Å². The van der Waals surface area contributed by atoms with Gasteiger partial charge in [-0.3, -0.25) is 0 Å². The van der Waals surface area contributed by atoms with Crippen molar-refractivity contribution in [3.8, 4) is 0 Å². The van der Waals surface area contributed by atoms with Crippen LogP contribution < -0.4 is 0 Å². The van der Waals surface area contributed by atoms with Crippen LogP contribution in [0.4, 0.5) is 9.59 Å². The van der Waals surface area contributed by atoms with Crippen molar-refractivity contribution in [2.75, 3.05) is 6.61 Å². The van der Waals surface area contributed by atoms with Crippen molar-refractivity contribution >= 4 is 12.3 Å². The Hall–Kier alpha value is -1.46. The second-order valence-electron chi connectivity index (χ2n) is 2.10. The molecule has 6 nitrogen and oxygen atoms in total. The first kappa shape index (κ1) is 10.5. The molecule has 0 aromatic heterocycles. The molecule has 6 heteroatoms. The molecule has 1 unspecified atom stereocenters. The van der Waals surface area contributed by atoms with Crippen LogP contribution in [0.3, 0.4) is 0 Å². The van der Waals surface area contributed by atoms with Crippen LogP contribution in [0.5, 0.6) is 0 Å². The Morgan fingerprint density at radius 2 is 1.92 bits per heavy atom. The van der Waals surface area contributed by atoms with Crippen molar-refractivity contribution in [2.45, 2.75) is 19.4 Å². The van der Waals surface area contributed by atoms with E-state index in [0.717, 1.165) is 0 Å². The first-order valence-corrected chi connectivity index (χ1v) is 3.27. The van der Waals surface area contributed by atoms with Crippen molar-refractivity contribution in [2.24, 2.45) is 0 Å². The van der Waals surface area contributed by atoms with Gasteiger partial charge in [0, 0.05) is 6.42 Å². The number of hydrogen-bond donors (Lipinski definition) is 2. The van der Waals surface area contributed by atoms with Gasteiger partial charge in [0.05, 0.1) is 6.61 Å². The third kappa shape index (κ3) is 6.66. The molecule has 0 fully saturated rings. The predicted molar refractivity (Wildman–Crippen MR) is 37.2 cm³/mol. The van der Waals surface area contributed by atoms with E-state index in [9.17, 15) is 9.59 Å². The zero-order valence-electron chi connectivity index (χ0n) is 6.52. The molecule has 0 bridgehead atoms. The smallest absolute Gasteiger partial charge is 0.450 e. The number of rotatable bonds is 4. The summed E-state index contributed by atoms with van der Waals surface area (Å²) in [6, 6.07) is 0. The fourth-order valence-electron chi connectivity index (χ4n) is 0.543. The number of carbonyl (C=O) groups is 2. The third-order valence-electron chi connectivity index (χ3n) is 1.05. The third-order valence-corrected chi connectivity index (χ3v) is 1.05. The lowest BCUT2D eigenvalue weighted by molar-refractivity contribution is 0.0392. The van der Waals surface area contributed by atoms with E-state index in [1.165, 1.54) is 6.92 Å². The van der Waals surface area contributed by atoms with Gasteiger partial charge in [-0.2, -0.15) is 0 Å². The summed E-state index contributed by atoms with van der Waals surface area (Å²) in [5.74, 6) is 0. The van der Waals surface area contributed by atoms with E-state index in [-0.39, 0.29) is 13.0 Å². The molecule has 0 aliphatic heterocycles. The average molecular weight is 178 g/mol. The SMILES string of the molecule is CC(CCOC(=O)O)OC(=O)O. The van der Waals surface area contributed by atoms with Gasteiger partial charge in [0.1, 0.15) is 6.10 Å². The standard InChI is InChI=1S/C6H10O6/c1-4(12-6(9)10)2-3-11-5(7)8/h4H,2-3H2,1H3,(H,7,8)(H,9,10). The molecule has 0 saturated heterocycles. The van der Waals surface area contributed by atoms with Crippen molar-refractivity contribution in [3.05, 3.63) is 0 Å². The quantitative estimate of drug-likeness (QED) is 0.627. The molecule has 0 saturated carbocycles. The van der Waals surface area contributed by atoms with Gasteiger partial charge < -0.3 is 19.7 Å². The molecule has 70 valence electrons. The summed E-state index contributed by atoms with van der Waals surface area (Å²) in [5.41, 5.74) is 0. The molecule has 0 radical (unpaired) electrons. The molecule has 2 N–H and O–H groups in total. The van der Waals surface area contributed by atoms with E-state index in [0.29, 0.717) is 0 Å². The topological polar surface area (TPSA) is 93.1 Å². The second-order valence-corrected chi connectivity index (χ2v) is 2.10. The van der Waals surface area contributed by atoms with Gasteiger partial charge in [-0.25, -0.2) is 9.59 Å². The molecule has 0 aliphatic carbocycles. The molecule has 0 aromatic carbocycles. The van der Waals surface area contributed by atoms with Crippen molar-refractivity contribution in [1.29, 1.82) is 0 Å². The highest BCUT2D eigenvalue weighted by atomic mass is 16.7. The first-order chi connectivity index (χ1) is 5.52. The summed E-state index contributed by atoms with van der Waals surface area (Å²) in [4.78, 5) is 19.8. The highest BCUT2D eigenvalue weighted by Gasteiger charge is 2.07. The highest BCUT2D eigenvalue weighted by molar-refractivity contribution is 5.57. The molecule has 0 aliphatic rings. The van der Waals surface area contributed by atoms with Crippen LogP contribution in [0.25, 0.3) is 0 Å². The maximum absolute atomic E-state index is 9.93. The molecule has 0 rings (SSSR count). The maximum Gasteiger partial charge on any atom is 0.506 e. The Morgan fingerprint density at radius 1 is 1.33 bits per heavy atom. The van der Waals surface area contributed by atoms with Gasteiger partial charge in [0.2, 0.25) is 0 Å². The van der Waals surface area contributed by atoms with Crippen LogP contribution in [0, 0.1) is 0 Å². The van der Waals surface area contributed by atoms with Gasteiger partial charge >= 0.3 is 12.3 Å². The highest BCUT2D eigenvalue weighted by Crippen LogP contribution is 1.97. The zero-order chi connectivity index (χ0) is 9.56. The summed E-state index contributed by atoms with van der Waals surface area (Å²) < 4.78 is 8.41. The molecule has 0 aromatic rings. The molecular weight excluding hydrogens is 168 g/mol. The summed E-state index contributed by atoms with van der Waals surface area (Å²) in [5, 5.41) is 16.1. The Labute approximate surface area is 68.7 Å². The Kier molecular flexibility index (Phi) is 4.59. The molecule has 0 heterocycles. The van der Waals surface area contributed by atoms with E-state index < -0.39 is 18.4 Å². The minimum atomic E-state index is -1.38. The molecular formula is C6H10O6. The fraction of sp³-hybridized carbons (Fsp3) is 0.667. The molecule has 1 atom stereocenters. The lowest BCUT2D eigenvalue weighted by Gasteiger charge is -2.08. The van der Waals surface area contributed by atoms with E-state index in [2.05, 4.69) is 9.47 Å². The van der Waals surface area contributed by atoms with Crippen molar-refractivity contribution < 1.29 is 29.3 Å². The maximum atomic E-state index is 9.93. The summed E-state index contributed by atoms with van der Waals surface area (Å²) >= 11 is 0. The van der Waals surface area contributed by atoms with Gasteiger partial charge in [0.25, 0.3) is 0 Å². The summed E-state index contributed by atoms with van der Waals surface area (Å²) in [6.07, 6.45) is -3.09. The zero-order valence-corrected chi connectivity index (χ0v) is 6.52. The van der Waals surface area contributed by atoms with E-state index in [4.69, 9.17) is 10.2 Å². The normalized spacial score (nSPS) is 11.8. The van der Waals surface area contributed by atoms with Crippen molar-refractivity contribution in [1.82, 2.24) is 0 Å². The number of ether oxygens (including phenoxy) is 2. The van der Waals surface area contributed by atoms with Crippen molar-refractivity contribution in [3.63, 3.8) is 0 Å². The summed E-state index contributed by atoms with van der Waals surface area (Å²) in [6.45, 7) is 1.45. The van der Waals surface area contributed by atoms with Gasteiger partial charge in [-0.1, -0.05) is 0 Å². The minimum absolute atomic E-state index is 0.0657. The Bertz CT molecular complexity index is 165. The Balaban J connectivity index is 3.37. The predicted octanol–water partition coefficient (Wildman–Crippen LogP) is 1.15. The van der Waals surface area contributed by atoms with E-state index >= 15 is 0 Å². The van der Waals surface area contributed by atoms with E-state index in [1.54, 1.807) is 0 Å². The lowest BCUT2D eigenvalue weighted by Crippen LogP contribution is -2.16. The summed E-state index contributed by atoms with van der Waals surface area (Å²) in [7, 11) is 0. The van der Waals surface area contributed by atoms with Crippen LogP contribution >= 0.6 is 0 Å². The Morgan fingerprint density at radius 3 is 2.33 bits per heavy atom. The van der Waals surface area contributed by atoms with Crippen LogP contribution in [-0.2, 0) is 9.47 Å². The largest absolute Gasteiger partial charge is 0.506 e. The molecule has 0 spiro atoms. The minimum Gasteiger partial charge on any atom is -0.450 e. The van der Waals surface area contributed by atoms with Gasteiger partial charge in [0.15, 0.2) is 0 Å². The average Bonchev–Trinajstić information content (AvgIpc) is 1.84. The van der Waals surface area contributed by atoms with Crippen LogP contribution in [0.1, 0.15) is 13.3 Å². The van der Waals surface area contributed by atoms with Crippen LogP contribution in [0.2, 0.25) is 0 Å². The van der Waals surface area contributed by atoms with E-state index in [1.807, 2.05) is 0 Å². The van der Waals surface area contributed by atoms with Crippen LogP contribution in [0.15, 0.2) is 0 Å². The van der Waals surface area contributed by atoms with Crippen LogP contribution in [-0.4, -0.2) is 35.2 Å². The van der Waals surface area contributed by atoms with Gasteiger partial charge in [-0.05, 0) is 6.92 Å². The lowest BCUT2D eigenvalue weighted by atomic mass is 10.3.